The Balaban J connectivity index is 2.38. The highest BCUT2D eigenvalue weighted by Crippen LogP contribution is 2.32. The maximum Gasteiger partial charge on any atom is 0.148 e. The van der Waals surface area contributed by atoms with Crippen molar-refractivity contribution in [3.63, 3.8) is 0 Å². The minimum atomic E-state index is 0.270. The Bertz CT molecular complexity index is 442. The normalized spacial score (nSPS) is 21.6. The fourth-order valence-electron chi connectivity index (χ4n) is 1.94. The quantitative estimate of drug-likeness (QED) is 0.760. The predicted molar refractivity (Wildman–Crippen MR) is 81.5 cm³/mol. The molecule has 0 aliphatic carbocycles. The third-order valence-electron chi connectivity index (χ3n) is 3.09. The smallest absolute Gasteiger partial charge is 0.148 e. The van der Waals surface area contributed by atoms with E-state index in [9.17, 15) is 0 Å². The van der Waals surface area contributed by atoms with E-state index in [-0.39, 0.29) is 6.04 Å². The first-order valence-electron chi connectivity index (χ1n) is 6.01. The molecular weight excluding hydrogens is 334 g/mol. The SMILES string of the molecule is CC(C)c1nc(C2CSCCN2C)nc(Cl)c1Br. The van der Waals surface area contributed by atoms with Crippen LogP contribution in [0.1, 0.15) is 37.3 Å². The summed E-state index contributed by atoms with van der Waals surface area (Å²) < 4.78 is 0.828. The van der Waals surface area contributed by atoms with Crippen LogP contribution >= 0.6 is 39.3 Å². The number of thioether (sulfide) groups is 1. The summed E-state index contributed by atoms with van der Waals surface area (Å²) in [5.41, 5.74) is 0.994. The molecule has 18 heavy (non-hydrogen) atoms. The van der Waals surface area contributed by atoms with E-state index in [0.29, 0.717) is 11.1 Å². The van der Waals surface area contributed by atoms with Crippen LogP contribution in [0.4, 0.5) is 0 Å². The van der Waals surface area contributed by atoms with Crippen LogP contribution in [0.5, 0.6) is 0 Å². The van der Waals surface area contributed by atoms with Crippen molar-refractivity contribution >= 4 is 39.3 Å². The number of halogens is 2. The first-order valence-corrected chi connectivity index (χ1v) is 8.34. The first kappa shape index (κ1) is 14.6. The molecule has 1 aliphatic rings. The molecule has 0 amide bonds. The molecule has 1 aromatic rings. The summed E-state index contributed by atoms with van der Waals surface area (Å²) >= 11 is 11.6. The topological polar surface area (TPSA) is 29.0 Å². The molecule has 0 saturated carbocycles. The second-order valence-corrected chi connectivity index (χ2v) is 7.10. The summed E-state index contributed by atoms with van der Waals surface area (Å²) in [4.78, 5) is 11.5. The van der Waals surface area contributed by atoms with Crippen molar-refractivity contribution in [2.45, 2.75) is 25.8 Å². The summed E-state index contributed by atoms with van der Waals surface area (Å²) in [6, 6.07) is 0.270. The zero-order chi connectivity index (χ0) is 13.3. The van der Waals surface area contributed by atoms with E-state index in [2.05, 4.69) is 46.7 Å². The van der Waals surface area contributed by atoms with Crippen molar-refractivity contribution in [3.8, 4) is 0 Å². The van der Waals surface area contributed by atoms with Gasteiger partial charge in [-0.2, -0.15) is 11.8 Å². The van der Waals surface area contributed by atoms with Gasteiger partial charge in [-0.1, -0.05) is 25.4 Å². The molecule has 1 fully saturated rings. The fraction of sp³-hybridized carbons (Fsp3) is 0.667. The molecule has 100 valence electrons. The van der Waals surface area contributed by atoms with Crippen LogP contribution in [-0.2, 0) is 0 Å². The predicted octanol–water partition coefficient (Wildman–Crippen LogP) is 3.74. The second-order valence-electron chi connectivity index (χ2n) is 4.80. The van der Waals surface area contributed by atoms with E-state index in [4.69, 9.17) is 16.6 Å². The van der Waals surface area contributed by atoms with E-state index >= 15 is 0 Å². The summed E-state index contributed by atoms with van der Waals surface area (Å²) in [6.07, 6.45) is 0. The lowest BCUT2D eigenvalue weighted by atomic mass is 10.1. The van der Waals surface area contributed by atoms with Crippen molar-refractivity contribution < 1.29 is 0 Å². The van der Waals surface area contributed by atoms with E-state index in [0.717, 1.165) is 28.3 Å². The third-order valence-corrected chi connectivity index (χ3v) is 5.40. The van der Waals surface area contributed by atoms with Gasteiger partial charge in [-0.25, -0.2) is 9.97 Å². The highest BCUT2D eigenvalue weighted by atomic mass is 79.9. The Morgan fingerprint density at radius 3 is 2.78 bits per heavy atom. The molecule has 1 aliphatic heterocycles. The molecule has 0 radical (unpaired) electrons. The van der Waals surface area contributed by atoms with Crippen LogP contribution < -0.4 is 0 Å². The van der Waals surface area contributed by atoms with E-state index in [1.807, 2.05) is 11.8 Å². The zero-order valence-corrected chi connectivity index (χ0v) is 13.9. The van der Waals surface area contributed by atoms with Gasteiger partial charge in [0.1, 0.15) is 11.0 Å². The molecule has 2 heterocycles. The molecule has 0 aromatic carbocycles. The molecule has 0 N–H and O–H groups in total. The standard InChI is InChI=1S/C12H17BrClN3S/c1-7(2)10-9(13)11(14)16-12(15-10)8-6-18-5-4-17(8)3/h7-8H,4-6H2,1-3H3. The van der Waals surface area contributed by atoms with E-state index in [1.54, 1.807) is 0 Å². The Kier molecular flexibility index (Phi) is 4.92. The molecule has 0 spiro atoms. The third kappa shape index (κ3) is 3.00. The maximum atomic E-state index is 6.21. The molecule has 1 aromatic heterocycles. The van der Waals surface area contributed by atoms with Crippen molar-refractivity contribution in [1.82, 2.24) is 14.9 Å². The number of hydrogen-bond donors (Lipinski definition) is 0. The second kappa shape index (κ2) is 6.07. The van der Waals surface area contributed by atoms with Crippen molar-refractivity contribution in [2.24, 2.45) is 0 Å². The molecular formula is C12H17BrClN3S. The highest BCUT2D eigenvalue weighted by Gasteiger charge is 2.25. The minimum absolute atomic E-state index is 0.270. The maximum absolute atomic E-state index is 6.21. The van der Waals surface area contributed by atoms with Crippen molar-refractivity contribution in [2.75, 3.05) is 25.1 Å². The molecule has 1 saturated heterocycles. The highest BCUT2D eigenvalue weighted by molar-refractivity contribution is 9.10. The Labute approximate surface area is 126 Å². The Morgan fingerprint density at radius 2 is 2.17 bits per heavy atom. The number of aromatic nitrogens is 2. The average molecular weight is 351 g/mol. The van der Waals surface area contributed by atoms with Crippen LogP contribution in [0.15, 0.2) is 4.47 Å². The Morgan fingerprint density at radius 1 is 1.44 bits per heavy atom. The van der Waals surface area contributed by atoms with Gasteiger partial charge in [0.05, 0.1) is 16.2 Å². The fourth-order valence-corrected chi connectivity index (χ4v) is 3.97. The zero-order valence-electron chi connectivity index (χ0n) is 10.8. The van der Waals surface area contributed by atoms with Gasteiger partial charge in [0, 0.05) is 18.1 Å². The van der Waals surface area contributed by atoms with Gasteiger partial charge in [0.25, 0.3) is 0 Å². The van der Waals surface area contributed by atoms with Crippen LogP contribution in [0, 0.1) is 0 Å². The van der Waals surface area contributed by atoms with Gasteiger partial charge in [-0.05, 0) is 28.9 Å². The number of nitrogens with zero attached hydrogens (tertiary/aromatic N) is 3. The van der Waals surface area contributed by atoms with Gasteiger partial charge in [-0.15, -0.1) is 0 Å². The first-order chi connectivity index (χ1) is 8.50. The molecule has 1 unspecified atom stereocenters. The summed E-state index contributed by atoms with van der Waals surface area (Å²) in [5.74, 6) is 3.39. The number of rotatable bonds is 2. The summed E-state index contributed by atoms with van der Waals surface area (Å²) in [5, 5.41) is 0.521. The van der Waals surface area contributed by atoms with Gasteiger partial charge >= 0.3 is 0 Å². The van der Waals surface area contributed by atoms with Crippen LogP contribution in [0.25, 0.3) is 0 Å². The Hall–Kier alpha value is 0.160. The lowest BCUT2D eigenvalue weighted by Gasteiger charge is -2.31. The average Bonchev–Trinajstić information content (AvgIpc) is 2.33. The van der Waals surface area contributed by atoms with Gasteiger partial charge in [0.2, 0.25) is 0 Å². The molecule has 0 bridgehead atoms. The van der Waals surface area contributed by atoms with E-state index < -0.39 is 0 Å². The monoisotopic (exact) mass is 349 g/mol. The molecule has 6 heteroatoms. The van der Waals surface area contributed by atoms with Crippen molar-refractivity contribution in [3.05, 3.63) is 21.1 Å². The molecule has 2 rings (SSSR count). The van der Waals surface area contributed by atoms with Crippen LogP contribution in [-0.4, -0.2) is 40.0 Å². The van der Waals surface area contributed by atoms with Crippen LogP contribution in [0.2, 0.25) is 5.15 Å². The van der Waals surface area contributed by atoms with Gasteiger partial charge in [0.15, 0.2) is 0 Å². The largest absolute Gasteiger partial charge is 0.295 e. The lowest BCUT2D eigenvalue weighted by Crippen LogP contribution is -2.34. The summed E-state index contributed by atoms with van der Waals surface area (Å²) in [6.45, 7) is 5.31. The van der Waals surface area contributed by atoms with Gasteiger partial charge < -0.3 is 0 Å². The molecule has 3 nitrogen and oxygen atoms in total. The number of hydrogen-bond acceptors (Lipinski definition) is 4. The molecule has 1 atom stereocenters. The lowest BCUT2D eigenvalue weighted by molar-refractivity contribution is 0.264. The van der Waals surface area contributed by atoms with Crippen LogP contribution in [0.3, 0.4) is 0 Å². The van der Waals surface area contributed by atoms with Crippen molar-refractivity contribution in [1.29, 1.82) is 0 Å². The minimum Gasteiger partial charge on any atom is -0.295 e. The van der Waals surface area contributed by atoms with Gasteiger partial charge in [-0.3, -0.25) is 4.90 Å². The summed E-state index contributed by atoms with van der Waals surface area (Å²) in [7, 11) is 2.12. The van der Waals surface area contributed by atoms with E-state index in [1.165, 1.54) is 5.75 Å².